The molecular formula is C15H21N5O3S. The van der Waals surface area contributed by atoms with E-state index < -0.39 is 10.0 Å². The molecule has 130 valence electrons. The van der Waals surface area contributed by atoms with Crippen LogP contribution in [0.5, 0.6) is 0 Å². The molecule has 0 aliphatic carbocycles. The Hall–Kier alpha value is -1.81. The van der Waals surface area contributed by atoms with Gasteiger partial charge in [-0.05, 0) is 25.2 Å². The molecule has 1 atom stereocenters. The van der Waals surface area contributed by atoms with Gasteiger partial charge < -0.3 is 9.84 Å². The zero-order valence-corrected chi connectivity index (χ0v) is 14.5. The van der Waals surface area contributed by atoms with Crippen LogP contribution >= 0.6 is 0 Å². The van der Waals surface area contributed by atoms with Gasteiger partial charge in [0, 0.05) is 31.7 Å². The lowest BCUT2D eigenvalue weighted by molar-refractivity contribution is 0.190. The summed E-state index contributed by atoms with van der Waals surface area (Å²) in [6.07, 6.45) is 0. The Balaban J connectivity index is 1.88. The number of likely N-dealkylation sites (N-methyl/N-ethyl adjacent to an activating group) is 1. The van der Waals surface area contributed by atoms with E-state index in [9.17, 15) is 8.42 Å². The lowest BCUT2D eigenvalue weighted by Crippen LogP contribution is -2.44. The third kappa shape index (κ3) is 3.48. The Morgan fingerprint density at radius 3 is 3.04 bits per heavy atom. The van der Waals surface area contributed by atoms with Gasteiger partial charge in [-0.25, -0.2) is 13.1 Å². The number of rotatable bonds is 5. The monoisotopic (exact) mass is 351 g/mol. The number of aromatic nitrogens is 2. The molecule has 1 aromatic carbocycles. The Morgan fingerprint density at radius 1 is 1.46 bits per heavy atom. The third-order valence-corrected chi connectivity index (χ3v) is 5.52. The number of piperazine rings is 1. The number of nitrogens with one attached hydrogen (secondary N) is 2. The summed E-state index contributed by atoms with van der Waals surface area (Å²) >= 11 is 0. The molecule has 0 radical (unpaired) electrons. The molecule has 0 saturated carbocycles. The van der Waals surface area contributed by atoms with E-state index in [-0.39, 0.29) is 10.9 Å². The standard InChI is InChI=1S/C15H21N5O3S/c1-3-17-24(21,22)12-6-4-5-11(9-12)15-18-14(19-23-15)13-10-16-7-8-20(13)2/h4-6,9,13,16-17H,3,7-8,10H2,1-2H3. The highest BCUT2D eigenvalue weighted by atomic mass is 32.2. The summed E-state index contributed by atoms with van der Waals surface area (Å²) in [5.41, 5.74) is 0.583. The maximum absolute atomic E-state index is 12.1. The van der Waals surface area contributed by atoms with E-state index >= 15 is 0 Å². The minimum Gasteiger partial charge on any atom is -0.334 e. The van der Waals surface area contributed by atoms with Crippen molar-refractivity contribution in [2.24, 2.45) is 0 Å². The highest BCUT2D eigenvalue weighted by Gasteiger charge is 2.25. The van der Waals surface area contributed by atoms with Crippen LogP contribution in [0.1, 0.15) is 18.8 Å². The molecular weight excluding hydrogens is 330 g/mol. The molecule has 24 heavy (non-hydrogen) atoms. The van der Waals surface area contributed by atoms with Gasteiger partial charge >= 0.3 is 0 Å². The first-order valence-electron chi connectivity index (χ1n) is 7.86. The van der Waals surface area contributed by atoms with Gasteiger partial charge in [0.1, 0.15) is 0 Å². The minimum atomic E-state index is -3.52. The fourth-order valence-electron chi connectivity index (χ4n) is 2.65. The predicted molar refractivity (Wildman–Crippen MR) is 88.8 cm³/mol. The van der Waals surface area contributed by atoms with Crippen molar-refractivity contribution in [3.8, 4) is 11.5 Å². The normalized spacial score (nSPS) is 19.5. The maximum atomic E-state index is 12.1. The van der Waals surface area contributed by atoms with Crippen LogP contribution in [-0.4, -0.2) is 56.7 Å². The van der Waals surface area contributed by atoms with Crippen molar-refractivity contribution >= 4 is 10.0 Å². The number of sulfonamides is 1. The van der Waals surface area contributed by atoms with E-state index in [0.29, 0.717) is 23.8 Å². The van der Waals surface area contributed by atoms with Crippen LogP contribution in [0.3, 0.4) is 0 Å². The Bertz CT molecular complexity index is 805. The smallest absolute Gasteiger partial charge is 0.258 e. The van der Waals surface area contributed by atoms with Gasteiger partial charge in [-0.2, -0.15) is 4.98 Å². The average Bonchev–Trinajstić information content (AvgIpc) is 3.05. The van der Waals surface area contributed by atoms with Gasteiger partial charge in [0.15, 0.2) is 5.82 Å². The second kappa shape index (κ2) is 6.98. The van der Waals surface area contributed by atoms with Gasteiger partial charge in [0.25, 0.3) is 5.89 Å². The summed E-state index contributed by atoms with van der Waals surface area (Å²) in [4.78, 5) is 6.79. The van der Waals surface area contributed by atoms with Crippen LogP contribution < -0.4 is 10.0 Å². The number of nitrogens with zero attached hydrogens (tertiary/aromatic N) is 3. The van der Waals surface area contributed by atoms with Crippen molar-refractivity contribution in [3.63, 3.8) is 0 Å². The molecule has 0 amide bonds. The highest BCUT2D eigenvalue weighted by molar-refractivity contribution is 7.89. The van der Waals surface area contributed by atoms with Crippen LogP contribution in [0.2, 0.25) is 0 Å². The topological polar surface area (TPSA) is 100 Å². The van der Waals surface area contributed by atoms with Crippen molar-refractivity contribution in [1.82, 2.24) is 25.1 Å². The van der Waals surface area contributed by atoms with Crippen molar-refractivity contribution in [2.75, 3.05) is 33.2 Å². The van der Waals surface area contributed by atoms with E-state index in [2.05, 4.69) is 25.1 Å². The molecule has 0 bridgehead atoms. The lowest BCUT2D eigenvalue weighted by Gasteiger charge is -2.30. The van der Waals surface area contributed by atoms with Crippen LogP contribution in [0.4, 0.5) is 0 Å². The third-order valence-electron chi connectivity index (χ3n) is 3.98. The second-order valence-corrected chi connectivity index (χ2v) is 7.45. The molecule has 8 nitrogen and oxygen atoms in total. The van der Waals surface area contributed by atoms with E-state index in [4.69, 9.17) is 4.52 Å². The van der Waals surface area contributed by atoms with Crippen LogP contribution in [0.15, 0.2) is 33.7 Å². The molecule has 1 aromatic heterocycles. The molecule has 0 spiro atoms. The maximum Gasteiger partial charge on any atom is 0.258 e. The van der Waals surface area contributed by atoms with Gasteiger partial charge in [-0.1, -0.05) is 18.1 Å². The first kappa shape index (κ1) is 17.0. The molecule has 1 aliphatic rings. The van der Waals surface area contributed by atoms with E-state index in [1.165, 1.54) is 12.1 Å². The molecule has 1 fully saturated rings. The average molecular weight is 351 g/mol. The van der Waals surface area contributed by atoms with Crippen LogP contribution in [-0.2, 0) is 10.0 Å². The van der Waals surface area contributed by atoms with Crippen molar-refractivity contribution < 1.29 is 12.9 Å². The predicted octanol–water partition coefficient (Wildman–Crippen LogP) is 0.611. The fourth-order valence-corrected chi connectivity index (χ4v) is 3.74. The van der Waals surface area contributed by atoms with Crippen molar-refractivity contribution in [1.29, 1.82) is 0 Å². The summed E-state index contributed by atoms with van der Waals surface area (Å²) in [7, 11) is -1.50. The van der Waals surface area contributed by atoms with Gasteiger partial charge in [0.05, 0.1) is 10.9 Å². The zero-order chi connectivity index (χ0) is 17.2. The first-order chi connectivity index (χ1) is 11.5. The van der Waals surface area contributed by atoms with E-state index in [0.717, 1.165) is 19.6 Å². The van der Waals surface area contributed by atoms with Crippen molar-refractivity contribution in [3.05, 3.63) is 30.1 Å². The first-order valence-corrected chi connectivity index (χ1v) is 9.34. The van der Waals surface area contributed by atoms with Crippen LogP contribution in [0, 0.1) is 0 Å². The van der Waals surface area contributed by atoms with Gasteiger partial charge in [-0.15, -0.1) is 0 Å². The lowest BCUT2D eigenvalue weighted by atomic mass is 10.2. The number of benzene rings is 1. The summed E-state index contributed by atoms with van der Waals surface area (Å²) in [5, 5.41) is 7.37. The summed E-state index contributed by atoms with van der Waals surface area (Å²) in [6.45, 7) is 4.66. The molecule has 9 heteroatoms. The quantitative estimate of drug-likeness (QED) is 0.814. The highest BCUT2D eigenvalue weighted by Crippen LogP contribution is 2.24. The summed E-state index contributed by atoms with van der Waals surface area (Å²) in [5.74, 6) is 0.914. The molecule has 2 aromatic rings. The van der Waals surface area contributed by atoms with Crippen LogP contribution in [0.25, 0.3) is 11.5 Å². The Morgan fingerprint density at radius 2 is 2.29 bits per heavy atom. The largest absolute Gasteiger partial charge is 0.334 e. The SMILES string of the molecule is CCNS(=O)(=O)c1cccc(-c2nc(C3CNCCN3C)no2)c1. The summed E-state index contributed by atoms with van der Waals surface area (Å²) < 4.78 is 32.1. The Labute approximate surface area is 141 Å². The minimum absolute atomic E-state index is 0.0462. The second-order valence-electron chi connectivity index (χ2n) is 5.69. The molecule has 3 rings (SSSR count). The molecule has 2 heterocycles. The summed E-state index contributed by atoms with van der Waals surface area (Å²) in [6, 6.07) is 6.54. The van der Waals surface area contributed by atoms with Crippen molar-refractivity contribution in [2.45, 2.75) is 17.9 Å². The number of hydrogen-bond donors (Lipinski definition) is 2. The van der Waals surface area contributed by atoms with Gasteiger partial charge in [-0.3, -0.25) is 4.90 Å². The fraction of sp³-hybridized carbons (Fsp3) is 0.467. The molecule has 2 N–H and O–H groups in total. The number of hydrogen-bond acceptors (Lipinski definition) is 7. The van der Waals surface area contributed by atoms with Gasteiger partial charge in [0.2, 0.25) is 10.0 Å². The zero-order valence-electron chi connectivity index (χ0n) is 13.7. The Kier molecular flexibility index (Phi) is 4.95. The van der Waals surface area contributed by atoms with E-state index in [1.54, 1.807) is 19.1 Å². The molecule has 1 unspecified atom stereocenters. The molecule has 1 saturated heterocycles. The molecule has 1 aliphatic heterocycles. The van der Waals surface area contributed by atoms with E-state index in [1.807, 2.05) is 7.05 Å².